The molecular formula is C18H18FNO. The molecule has 0 saturated heterocycles. The summed E-state index contributed by atoms with van der Waals surface area (Å²) in [6, 6.07) is 8.95. The van der Waals surface area contributed by atoms with E-state index < -0.39 is 5.82 Å². The molecule has 0 aliphatic carbocycles. The second-order valence-electron chi connectivity index (χ2n) is 5.68. The second-order valence-corrected chi connectivity index (χ2v) is 5.68. The molecule has 1 heterocycles. The summed E-state index contributed by atoms with van der Waals surface area (Å²) in [6.07, 6.45) is 0.974. The van der Waals surface area contributed by atoms with Crippen LogP contribution in [0.4, 0.5) is 4.39 Å². The minimum Gasteiger partial charge on any atom is -0.312 e. The minimum absolute atomic E-state index is 0.185. The highest BCUT2D eigenvalue weighted by Gasteiger charge is 2.19. The SMILES string of the molecule is Cc1cc(C)c(C(=O)c2ccc3c(c2)CNCC3)c(F)c1. The molecule has 2 aromatic rings. The Morgan fingerprint density at radius 1 is 1.14 bits per heavy atom. The smallest absolute Gasteiger partial charge is 0.196 e. The van der Waals surface area contributed by atoms with Gasteiger partial charge in [-0.15, -0.1) is 0 Å². The average molecular weight is 283 g/mol. The summed E-state index contributed by atoms with van der Waals surface area (Å²) in [6.45, 7) is 5.34. The van der Waals surface area contributed by atoms with Crippen molar-refractivity contribution in [3.63, 3.8) is 0 Å². The molecule has 1 aliphatic heterocycles. The number of ketones is 1. The molecule has 3 rings (SSSR count). The van der Waals surface area contributed by atoms with Gasteiger partial charge in [-0.25, -0.2) is 4.39 Å². The summed E-state index contributed by atoms with van der Waals surface area (Å²) in [5.74, 6) is -0.674. The molecule has 0 unspecified atom stereocenters. The van der Waals surface area contributed by atoms with Gasteiger partial charge in [-0.05, 0) is 61.2 Å². The lowest BCUT2D eigenvalue weighted by molar-refractivity contribution is 0.103. The molecule has 3 heteroatoms. The van der Waals surface area contributed by atoms with Crippen LogP contribution in [0, 0.1) is 19.7 Å². The van der Waals surface area contributed by atoms with Crippen molar-refractivity contribution in [1.29, 1.82) is 0 Å². The van der Waals surface area contributed by atoms with Crippen LogP contribution >= 0.6 is 0 Å². The van der Waals surface area contributed by atoms with E-state index in [1.54, 1.807) is 6.92 Å². The summed E-state index contributed by atoms with van der Waals surface area (Å²) < 4.78 is 14.2. The minimum atomic E-state index is -0.437. The van der Waals surface area contributed by atoms with E-state index in [1.807, 2.05) is 31.2 Å². The molecule has 1 aliphatic rings. The number of rotatable bonds is 2. The monoisotopic (exact) mass is 283 g/mol. The first-order valence-electron chi connectivity index (χ1n) is 7.20. The topological polar surface area (TPSA) is 29.1 Å². The molecule has 2 nitrogen and oxygen atoms in total. The van der Waals surface area contributed by atoms with Crippen molar-refractivity contribution in [3.8, 4) is 0 Å². The fourth-order valence-corrected chi connectivity index (χ4v) is 2.97. The van der Waals surface area contributed by atoms with Gasteiger partial charge in [-0.1, -0.05) is 18.2 Å². The Morgan fingerprint density at radius 3 is 2.71 bits per heavy atom. The van der Waals surface area contributed by atoms with E-state index in [-0.39, 0.29) is 11.3 Å². The number of fused-ring (bicyclic) bond motifs is 1. The third-order valence-corrected chi connectivity index (χ3v) is 4.01. The maximum Gasteiger partial charge on any atom is 0.196 e. The Labute approximate surface area is 124 Å². The molecule has 0 aromatic heterocycles. The summed E-state index contributed by atoms with van der Waals surface area (Å²) in [5.41, 5.74) is 4.67. The first-order chi connectivity index (χ1) is 10.1. The van der Waals surface area contributed by atoms with E-state index in [9.17, 15) is 9.18 Å². The van der Waals surface area contributed by atoms with E-state index in [2.05, 4.69) is 5.32 Å². The van der Waals surface area contributed by atoms with Crippen LogP contribution in [0.2, 0.25) is 0 Å². The van der Waals surface area contributed by atoms with Crippen LogP contribution in [0.3, 0.4) is 0 Å². The number of hydrogen-bond donors (Lipinski definition) is 1. The van der Waals surface area contributed by atoms with Crippen molar-refractivity contribution in [1.82, 2.24) is 5.32 Å². The Morgan fingerprint density at radius 2 is 1.95 bits per heavy atom. The predicted octanol–water partition coefficient (Wildman–Crippen LogP) is 3.32. The fourth-order valence-electron chi connectivity index (χ4n) is 2.97. The maximum atomic E-state index is 14.2. The summed E-state index contributed by atoms with van der Waals surface area (Å²) >= 11 is 0. The van der Waals surface area contributed by atoms with Crippen molar-refractivity contribution in [2.45, 2.75) is 26.8 Å². The molecule has 0 saturated carbocycles. The molecule has 0 atom stereocenters. The number of nitrogens with one attached hydrogen (secondary N) is 1. The van der Waals surface area contributed by atoms with E-state index in [0.29, 0.717) is 11.1 Å². The third kappa shape index (κ3) is 2.61. The number of halogens is 1. The first kappa shape index (κ1) is 14.0. The quantitative estimate of drug-likeness (QED) is 0.857. The van der Waals surface area contributed by atoms with Crippen LogP contribution in [0.15, 0.2) is 30.3 Å². The highest BCUT2D eigenvalue weighted by molar-refractivity contribution is 6.10. The number of hydrogen-bond acceptors (Lipinski definition) is 2. The zero-order chi connectivity index (χ0) is 15.0. The lowest BCUT2D eigenvalue weighted by atomic mass is 9.93. The number of benzene rings is 2. The van der Waals surface area contributed by atoms with Gasteiger partial charge in [-0.3, -0.25) is 4.79 Å². The number of carbonyl (C=O) groups excluding carboxylic acids is 1. The predicted molar refractivity (Wildman–Crippen MR) is 81.2 cm³/mol. The third-order valence-electron chi connectivity index (χ3n) is 4.01. The van der Waals surface area contributed by atoms with Gasteiger partial charge in [0.1, 0.15) is 5.82 Å². The van der Waals surface area contributed by atoms with E-state index in [1.165, 1.54) is 11.6 Å². The fraction of sp³-hybridized carbons (Fsp3) is 0.278. The molecule has 2 aromatic carbocycles. The van der Waals surface area contributed by atoms with E-state index in [4.69, 9.17) is 0 Å². The van der Waals surface area contributed by atoms with E-state index in [0.717, 1.165) is 30.6 Å². The van der Waals surface area contributed by atoms with Gasteiger partial charge in [0.15, 0.2) is 5.78 Å². The standard InChI is InChI=1S/C18H18FNO/c1-11-7-12(2)17(16(19)8-11)18(21)14-4-3-13-5-6-20-10-15(13)9-14/h3-4,7-9,20H,5-6,10H2,1-2H3. The molecule has 0 bridgehead atoms. The van der Waals surface area contributed by atoms with Crippen molar-refractivity contribution >= 4 is 5.78 Å². The van der Waals surface area contributed by atoms with Crippen LogP contribution < -0.4 is 5.32 Å². The molecule has 21 heavy (non-hydrogen) atoms. The van der Waals surface area contributed by atoms with Gasteiger partial charge in [0, 0.05) is 12.1 Å². The van der Waals surface area contributed by atoms with Crippen LogP contribution in [0.25, 0.3) is 0 Å². The zero-order valence-electron chi connectivity index (χ0n) is 12.3. The van der Waals surface area contributed by atoms with Gasteiger partial charge in [-0.2, -0.15) is 0 Å². The van der Waals surface area contributed by atoms with Gasteiger partial charge < -0.3 is 5.32 Å². The van der Waals surface area contributed by atoms with Crippen LogP contribution in [0.1, 0.15) is 38.2 Å². The molecule has 1 N–H and O–H groups in total. The highest BCUT2D eigenvalue weighted by Crippen LogP contribution is 2.22. The van der Waals surface area contributed by atoms with Crippen molar-refractivity contribution in [3.05, 3.63) is 69.5 Å². The van der Waals surface area contributed by atoms with Crippen LogP contribution in [-0.2, 0) is 13.0 Å². The van der Waals surface area contributed by atoms with Crippen molar-refractivity contribution in [2.75, 3.05) is 6.54 Å². The summed E-state index contributed by atoms with van der Waals surface area (Å²) in [5, 5.41) is 3.29. The molecule has 0 spiro atoms. The zero-order valence-corrected chi connectivity index (χ0v) is 12.3. The summed E-state index contributed by atoms with van der Waals surface area (Å²) in [7, 11) is 0. The lowest BCUT2D eigenvalue weighted by Gasteiger charge is -2.18. The molecule has 108 valence electrons. The Kier molecular flexibility index (Phi) is 3.60. The molecule has 0 fully saturated rings. The average Bonchev–Trinajstić information content (AvgIpc) is 2.45. The normalized spacial score (nSPS) is 13.9. The molecule has 0 amide bonds. The number of aryl methyl sites for hydroxylation is 2. The van der Waals surface area contributed by atoms with Gasteiger partial charge in [0.25, 0.3) is 0 Å². The molecular weight excluding hydrogens is 265 g/mol. The largest absolute Gasteiger partial charge is 0.312 e. The maximum absolute atomic E-state index is 14.2. The highest BCUT2D eigenvalue weighted by atomic mass is 19.1. The van der Waals surface area contributed by atoms with Gasteiger partial charge in [0.2, 0.25) is 0 Å². The lowest BCUT2D eigenvalue weighted by Crippen LogP contribution is -2.24. The Balaban J connectivity index is 2.03. The van der Waals surface area contributed by atoms with Crippen LogP contribution in [0.5, 0.6) is 0 Å². The summed E-state index contributed by atoms with van der Waals surface area (Å²) in [4.78, 5) is 12.6. The molecule has 0 radical (unpaired) electrons. The van der Waals surface area contributed by atoms with Crippen molar-refractivity contribution < 1.29 is 9.18 Å². The van der Waals surface area contributed by atoms with Gasteiger partial charge in [0.05, 0.1) is 5.56 Å². The first-order valence-corrected chi connectivity index (χ1v) is 7.20. The van der Waals surface area contributed by atoms with Gasteiger partial charge >= 0.3 is 0 Å². The Hall–Kier alpha value is -2.00. The second kappa shape index (κ2) is 5.41. The Bertz CT molecular complexity index is 698. The van der Waals surface area contributed by atoms with E-state index >= 15 is 0 Å². The van der Waals surface area contributed by atoms with Crippen LogP contribution in [-0.4, -0.2) is 12.3 Å². The number of carbonyl (C=O) groups is 1. The van der Waals surface area contributed by atoms with Crippen molar-refractivity contribution in [2.24, 2.45) is 0 Å².